The molecule has 0 saturated heterocycles. The van der Waals surface area contributed by atoms with E-state index >= 15 is 0 Å². The van der Waals surface area contributed by atoms with Gasteiger partial charge < -0.3 is 20.9 Å². The summed E-state index contributed by atoms with van der Waals surface area (Å²) >= 11 is 0. The Balaban J connectivity index is 2.33. The number of aromatic nitrogens is 1. The molecule has 1 rings (SSSR count). The third-order valence-corrected chi connectivity index (χ3v) is 2.37. The van der Waals surface area contributed by atoms with Crippen LogP contribution in [0.1, 0.15) is 10.4 Å². The number of amides is 3. The third-order valence-electron chi connectivity index (χ3n) is 2.37. The molecule has 0 aliphatic carbocycles. The highest BCUT2D eigenvalue weighted by molar-refractivity contribution is 5.94. The van der Waals surface area contributed by atoms with E-state index in [1.807, 2.05) is 0 Å². The Morgan fingerprint density at radius 1 is 1.21 bits per heavy atom. The fourth-order valence-electron chi connectivity index (χ4n) is 1.28. The smallest absolute Gasteiger partial charge is 0.316 e. The lowest BCUT2D eigenvalue weighted by atomic mass is 10.2. The molecule has 19 heavy (non-hydrogen) atoms. The maximum atomic E-state index is 11.7. The number of rotatable bonds is 5. The predicted octanol–water partition coefficient (Wildman–Crippen LogP) is 0.124. The lowest BCUT2D eigenvalue weighted by Crippen LogP contribution is -2.39. The van der Waals surface area contributed by atoms with Crippen LogP contribution in [0.25, 0.3) is 0 Å². The van der Waals surface area contributed by atoms with E-state index < -0.39 is 0 Å². The van der Waals surface area contributed by atoms with E-state index in [-0.39, 0.29) is 11.9 Å². The normalized spacial score (nSPS) is 9.63. The summed E-state index contributed by atoms with van der Waals surface area (Å²) in [5.41, 5.74) is 0.484. The number of hydrogen-bond acceptors (Lipinski definition) is 4. The van der Waals surface area contributed by atoms with Crippen LogP contribution in [-0.4, -0.2) is 56.1 Å². The summed E-state index contributed by atoms with van der Waals surface area (Å²) in [7, 11) is 5.07. The van der Waals surface area contributed by atoms with Crippen molar-refractivity contribution in [2.45, 2.75) is 0 Å². The van der Waals surface area contributed by atoms with Crippen LogP contribution in [0.3, 0.4) is 0 Å². The molecule has 3 N–H and O–H groups in total. The van der Waals surface area contributed by atoms with Crippen LogP contribution in [0.4, 0.5) is 10.6 Å². The van der Waals surface area contributed by atoms with E-state index in [1.165, 1.54) is 11.1 Å². The van der Waals surface area contributed by atoms with Crippen molar-refractivity contribution in [3.8, 4) is 0 Å². The molecular formula is C12H19N5O2. The van der Waals surface area contributed by atoms with Gasteiger partial charge in [0.15, 0.2) is 0 Å². The Labute approximate surface area is 112 Å². The molecule has 0 unspecified atom stereocenters. The van der Waals surface area contributed by atoms with Crippen molar-refractivity contribution in [3.63, 3.8) is 0 Å². The van der Waals surface area contributed by atoms with Crippen LogP contribution in [0.5, 0.6) is 0 Å². The Hall–Kier alpha value is -2.31. The molecule has 7 nitrogen and oxygen atoms in total. The number of hydrogen-bond donors (Lipinski definition) is 3. The number of nitrogens with zero attached hydrogens (tertiary/aromatic N) is 2. The standard InChI is InChI=1S/C12H19N5O2/c1-13-10-5-4-9(8-16-10)11(18)14-6-7-15-12(19)17(2)3/h4-5,8H,6-7H2,1-3H3,(H,13,16)(H,14,18)(H,15,19). The summed E-state index contributed by atoms with van der Waals surface area (Å²) in [5.74, 6) is 0.490. The second-order valence-electron chi connectivity index (χ2n) is 4.06. The van der Waals surface area contributed by atoms with Crippen LogP contribution in [-0.2, 0) is 0 Å². The van der Waals surface area contributed by atoms with Gasteiger partial charge in [-0.15, -0.1) is 0 Å². The second kappa shape index (κ2) is 7.20. The number of carbonyl (C=O) groups excluding carboxylic acids is 2. The van der Waals surface area contributed by atoms with E-state index in [2.05, 4.69) is 20.9 Å². The van der Waals surface area contributed by atoms with Crippen molar-refractivity contribution < 1.29 is 9.59 Å². The molecule has 0 spiro atoms. The predicted molar refractivity (Wildman–Crippen MR) is 73.2 cm³/mol. The molecule has 0 atom stereocenters. The average molecular weight is 265 g/mol. The van der Waals surface area contributed by atoms with Gasteiger partial charge in [0, 0.05) is 40.4 Å². The molecule has 3 amide bonds. The summed E-state index contributed by atoms with van der Waals surface area (Å²) in [6.45, 7) is 0.747. The quantitative estimate of drug-likeness (QED) is 0.660. The van der Waals surface area contributed by atoms with Crippen molar-refractivity contribution in [2.24, 2.45) is 0 Å². The molecule has 0 fully saturated rings. The van der Waals surface area contributed by atoms with Crippen molar-refractivity contribution in [1.29, 1.82) is 0 Å². The van der Waals surface area contributed by atoms with E-state index in [0.29, 0.717) is 24.5 Å². The molecule has 7 heteroatoms. The molecule has 0 aromatic carbocycles. The first kappa shape index (κ1) is 14.7. The zero-order valence-electron chi connectivity index (χ0n) is 11.4. The van der Waals surface area contributed by atoms with Gasteiger partial charge in [0.2, 0.25) is 0 Å². The molecule has 0 aliphatic heterocycles. The minimum absolute atomic E-state index is 0.186. The highest BCUT2D eigenvalue weighted by Crippen LogP contribution is 2.03. The van der Waals surface area contributed by atoms with E-state index in [1.54, 1.807) is 33.3 Å². The Morgan fingerprint density at radius 2 is 1.89 bits per heavy atom. The Kier molecular flexibility index (Phi) is 5.59. The second-order valence-corrected chi connectivity index (χ2v) is 4.06. The lowest BCUT2D eigenvalue weighted by Gasteiger charge is -2.12. The third kappa shape index (κ3) is 4.82. The molecule has 1 heterocycles. The number of urea groups is 1. The molecule has 0 bridgehead atoms. The zero-order chi connectivity index (χ0) is 14.3. The summed E-state index contributed by atoms with van der Waals surface area (Å²) in [4.78, 5) is 28.4. The molecule has 1 aromatic rings. The lowest BCUT2D eigenvalue weighted by molar-refractivity contribution is 0.0953. The minimum Gasteiger partial charge on any atom is -0.373 e. The highest BCUT2D eigenvalue weighted by atomic mass is 16.2. The molecule has 0 aliphatic rings. The van der Waals surface area contributed by atoms with Gasteiger partial charge in [-0.05, 0) is 12.1 Å². The van der Waals surface area contributed by atoms with Crippen molar-refractivity contribution >= 4 is 17.8 Å². The van der Waals surface area contributed by atoms with Crippen LogP contribution in [0.2, 0.25) is 0 Å². The first-order chi connectivity index (χ1) is 9.04. The molecule has 0 radical (unpaired) electrons. The fraction of sp³-hybridized carbons (Fsp3) is 0.417. The zero-order valence-corrected chi connectivity index (χ0v) is 11.4. The number of anilines is 1. The monoisotopic (exact) mass is 265 g/mol. The number of nitrogens with one attached hydrogen (secondary N) is 3. The van der Waals surface area contributed by atoms with Crippen LogP contribution in [0, 0.1) is 0 Å². The fourth-order valence-corrected chi connectivity index (χ4v) is 1.28. The number of carbonyl (C=O) groups is 2. The summed E-state index contributed by atoms with van der Waals surface area (Å²) in [5, 5.41) is 8.23. The Morgan fingerprint density at radius 3 is 2.42 bits per heavy atom. The molecular weight excluding hydrogens is 246 g/mol. The SMILES string of the molecule is CNc1ccc(C(=O)NCCNC(=O)N(C)C)cn1. The van der Waals surface area contributed by atoms with Crippen LogP contribution in [0.15, 0.2) is 18.3 Å². The van der Waals surface area contributed by atoms with Gasteiger partial charge in [-0.1, -0.05) is 0 Å². The largest absolute Gasteiger partial charge is 0.373 e. The first-order valence-corrected chi connectivity index (χ1v) is 5.91. The van der Waals surface area contributed by atoms with Gasteiger partial charge in [-0.3, -0.25) is 4.79 Å². The average Bonchev–Trinajstić information content (AvgIpc) is 2.43. The van der Waals surface area contributed by atoms with Crippen molar-refractivity contribution in [3.05, 3.63) is 23.9 Å². The van der Waals surface area contributed by atoms with Gasteiger partial charge >= 0.3 is 6.03 Å². The van der Waals surface area contributed by atoms with Crippen LogP contribution >= 0.6 is 0 Å². The molecule has 0 saturated carbocycles. The van der Waals surface area contributed by atoms with E-state index in [4.69, 9.17) is 0 Å². The Bertz CT molecular complexity index is 430. The maximum Gasteiger partial charge on any atom is 0.316 e. The van der Waals surface area contributed by atoms with Gasteiger partial charge in [-0.25, -0.2) is 9.78 Å². The minimum atomic E-state index is -0.214. The van der Waals surface area contributed by atoms with Gasteiger partial charge in [0.25, 0.3) is 5.91 Å². The maximum absolute atomic E-state index is 11.7. The first-order valence-electron chi connectivity index (χ1n) is 5.91. The van der Waals surface area contributed by atoms with E-state index in [0.717, 1.165) is 0 Å². The van der Waals surface area contributed by atoms with Crippen LogP contribution < -0.4 is 16.0 Å². The highest BCUT2D eigenvalue weighted by Gasteiger charge is 2.06. The van der Waals surface area contributed by atoms with Gasteiger partial charge in [0.1, 0.15) is 5.82 Å². The van der Waals surface area contributed by atoms with Gasteiger partial charge in [-0.2, -0.15) is 0 Å². The molecule has 1 aromatic heterocycles. The van der Waals surface area contributed by atoms with E-state index in [9.17, 15) is 9.59 Å². The molecule has 104 valence electrons. The topological polar surface area (TPSA) is 86.4 Å². The summed E-state index contributed by atoms with van der Waals surface area (Å²) in [6.07, 6.45) is 1.50. The summed E-state index contributed by atoms with van der Waals surface area (Å²) < 4.78 is 0. The number of pyridine rings is 1. The summed E-state index contributed by atoms with van der Waals surface area (Å²) in [6, 6.07) is 3.23. The van der Waals surface area contributed by atoms with Crippen molar-refractivity contribution in [1.82, 2.24) is 20.5 Å². The van der Waals surface area contributed by atoms with Crippen molar-refractivity contribution in [2.75, 3.05) is 39.5 Å². The van der Waals surface area contributed by atoms with Gasteiger partial charge in [0.05, 0.1) is 5.56 Å².